The number of rotatable bonds is 4. The number of halogens is 1. The highest BCUT2D eigenvalue weighted by molar-refractivity contribution is 6.29. The highest BCUT2D eigenvalue weighted by Crippen LogP contribution is 2.29. The van der Waals surface area contributed by atoms with Crippen molar-refractivity contribution in [3.05, 3.63) is 35.7 Å². The van der Waals surface area contributed by atoms with E-state index in [4.69, 9.17) is 16.3 Å². The molecule has 1 saturated heterocycles. The lowest BCUT2D eigenvalue weighted by Gasteiger charge is -2.35. The molecule has 0 spiro atoms. The molecule has 31 heavy (non-hydrogen) atoms. The van der Waals surface area contributed by atoms with Crippen LogP contribution in [0, 0.1) is 0 Å². The van der Waals surface area contributed by atoms with Crippen molar-refractivity contribution in [1.82, 2.24) is 30.1 Å². The zero-order chi connectivity index (χ0) is 22.0. The van der Waals surface area contributed by atoms with Gasteiger partial charge in [-0.2, -0.15) is 9.61 Å². The van der Waals surface area contributed by atoms with Gasteiger partial charge in [0.15, 0.2) is 5.65 Å². The van der Waals surface area contributed by atoms with Gasteiger partial charge in [-0.15, -0.1) is 10.2 Å². The van der Waals surface area contributed by atoms with E-state index in [1.807, 2.05) is 26.8 Å². The topological polar surface area (TPSA) is 110 Å². The van der Waals surface area contributed by atoms with Crippen molar-refractivity contribution >= 4 is 40.7 Å². The molecule has 1 fully saturated rings. The third kappa shape index (κ3) is 5.13. The molecule has 4 rings (SSSR count). The predicted octanol–water partition coefficient (Wildman–Crippen LogP) is 3.41. The van der Waals surface area contributed by atoms with Gasteiger partial charge in [-0.25, -0.2) is 4.79 Å². The summed E-state index contributed by atoms with van der Waals surface area (Å²) in [5, 5.41) is 19.1. The van der Waals surface area contributed by atoms with Gasteiger partial charge in [0.05, 0.1) is 17.6 Å². The number of ether oxygens (including phenoxy) is 1. The number of aromatic nitrogens is 5. The number of piperidine rings is 1. The predicted molar refractivity (Wildman–Crippen MR) is 118 cm³/mol. The molecule has 164 valence electrons. The maximum absolute atomic E-state index is 12.2. The van der Waals surface area contributed by atoms with Crippen LogP contribution in [0.1, 0.15) is 33.6 Å². The summed E-state index contributed by atoms with van der Waals surface area (Å²) < 4.78 is 6.94. The van der Waals surface area contributed by atoms with Gasteiger partial charge in [0.25, 0.3) is 5.95 Å². The number of nitrogens with one attached hydrogen (secondary N) is 2. The lowest BCUT2D eigenvalue weighted by molar-refractivity contribution is 0.0500. The van der Waals surface area contributed by atoms with Gasteiger partial charge in [0, 0.05) is 25.3 Å². The summed E-state index contributed by atoms with van der Waals surface area (Å²) in [6.45, 7) is 7.07. The molecule has 3 aromatic rings. The summed E-state index contributed by atoms with van der Waals surface area (Å²) >= 11 is 6.02. The molecule has 2 N–H and O–H groups in total. The van der Waals surface area contributed by atoms with Crippen LogP contribution in [0.4, 0.5) is 22.1 Å². The maximum atomic E-state index is 12.2. The number of amides is 1. The largest absolute Gasteiger partial charge is 0.444 e. The first kappa shape index (κ1) is 21.1. The highest BCUT2D eigenvalue weighted by atomic mass is 35.5. The highest BCUT2D eigenvalue weighted by Gasteiger charge is 2.25. The van der Waals surface area contributed by atoms with Gasteiger partial charge in [-0.05, 0) is 51.8 Å². The van der Waals surface area contributed by atoms with E-state index in [0.717, 1.165) is 30.8 Å². The van der Waals surface area contributed by atoms with Crippen LogP contribution >= 0.6 is 11.6 Å². The Labute approximate surface area is 185 Å². The quantitative estimate of drug-likeness (QED) is 0.630. The molecule has 10 nitrogen and oxygen atoms in total. The lowest BCUT2D eigenvalue weighted by Crippen LogP contribution is -2.49. The minimum Gasteiger partial charge on any atom is -0.444 e. The van der Waals surface area contributed by atoms with E-state index >= 15 is 0 Å². The van der Waals surface area contributed by atoms with Crippen molar-refractivity contribution < 1.29 is 9.53 Å². The molecule has 1 aliphatic heterocycles. The molecule has 0 aromatic carbocycles. The number of carbonyl (C=O) groups excluding carboxylic acids is 1. The van der Waals surface area contributed by atoms with Crippen LogP contribution in [0.25, 0.3) is 5.65 Å². The van der Waals surface area contributed by atoms with Crippen molar-refractivity contribution in [2.24, 2.45) is 0 Å². The van der Waals surface area contributed by atoms with Crippen molar-refractivity contribution in [3.8, 4) is 0 Å². The van der Waals surface area contributed by atoms with Crippen LogP contribution in [0.2, 0.25) is 5.15 Å². The second-order valence-electron chi connectivity index (χ2n) is 8.40. The molecule has 0 aliphatic carbocycles. The van der Waals surface area contributed by atoms with Crippen molar-refractivity contribution in [1.29, 1.82) is 0 Å². The minimum absolute atomic E-state index is 0.0148. The Balaban J connectivity index is 1.51. The second-order valence-corrected chi connectivity index (χ2v) is 8.79. The van der Waals surface area contributed by atoms with E-state index in [1.54, 1.807) is 29.0 Å². The summed E-state index contributed by atoms with van der Waals surface area (Å²) in [5.74, 6) is 0.437. The minimum atomic E-state index is -0.529. The van der Waals surface area contributed by atoms with Crippen LogP contribution in [0.15, 0.2) is 30.6 Å². The zero-order valence-electron chi connectivity index (χ0n) is 17.7. The first-order valence-corrected chi connectivity index (χ1v) is 10.5. The fourth-order valence-electron chi connectivity index (χ4n) is 3.51. The van der Waals surface area contributed by atoms with E-state index in [2.05, 4.69) is 35.8 Å². The van der Waals surface area contributed by atoms with Crippen LogP contribution in [0.5, 0.6) is 0 Å². The SMILES string of the molecule is CC(C)(C)OC(=O)NC1CCCN(c2ccncc2Nc2nnc3ccc(Cl)nn23)C1. The van der Waals surface area contributed by atoms with E-state index < -0.39 is 11.7 Å². The average molecular weight is 445 g/mol. The fourth-order valence-corrected chi connectivity index (χ4v) is 3.65. The molecule has 3 aromatic heterocycles. The first-order chi connectivity index (χ1) is 14.8. The summed E-state index contributed by atoms with van der Waals surface area (Å²) in [6.07, 6.45) is 4.90. The summed E-state index contributed by atoms with van der Waals surface area (Å²) in [7, 11) is 0. The molecule has 0 saturated carbocycles. The number of alkyl carbamates (subject to hydrolysis) is 1. The molecule has 4 heterocycles. The molecule has 1 unspecified atom stereocenters. The Hall–Kier alpha value is -3.14. The Morgan fingerprint density at radius 3 is 2.90 bits per heavy atom. The van der Waals surface area contributed by atoms with Crippen LogP contribution in [0.3, 0.4) is 0 Å². The molecular formula is C20H25ClN8O2. The maximum Gasteiger partial charge on any atom is 0.407 e. The lowest BCUT2D eigenvalue weighted by atomic mass is 10.0. The van der Waals surface area contributed by atoms with E-state index in [0.29, 0.717) is 23.3 Å². The number of pyridine rings is 1. The summed E-state index contributed by atoms with van der Waals surface area (Å²) in [6, 6.07) is 5.33. The van der Waals surface area contributed by atoms with Crippen LogP contribution in [-0.4, -0.2) is 55.6 Å². The molecule has 11 heteroatoms. The van der Waals surface area contributed by atoms with Gasteiger partial charge < -0.3 is 20.3 Å². The number of hydrogen-bond donors (Lipinski definition) is 2. The summed E-state index contributed by atoms with van der Waals surface area (Å²) in [5.41, 5.74) is 1.76. The Morgan fingerprint density at radius 2 is 2.10 bits per heavy atom. The normalized spacial score (nSPS) is 16.9. The Morgan fingerprint density at radius 1 is 1.26 bits per heavy atom. The number of nitrogens with zero attached hydrogens (tertiary/aromatic N) is 6. The average Bonchev–Trinajstić information content (AvgIpc) is 3.09. The molecular weight excluding hydrogens is 420 g/mol. The fraction of sp³-hybridized carbons (Fsp3) is 0.450. The van der Waals surface area contributed by atoms with Crippen LogP contribution < -0.4 is 15.5 Å². The van der Waals surface area contributed by atoms with Crippen LogP contribution in [-0.2, 0) is 4.74 Å². The monoisotopic (exact) mass is 444 g/mol. The summed E-state index contributed by atoms with van der Waals surface area (Å²) in [4.78, 5) is 18.6. The van der Waals surface area contributed by atoms with E-state index in [-0.39, 0.29) is 6.04 Å². The number of anilines is 3. The van der Waals surface area contributed by atoms with E-state index in [1.165, 1.54) is 0 Å². The smallest absolute Gasteiger partial charge is 0.407 e. The van der Waals surface area contributed by atoms with Crippen molar-refractivity contribution in [3.63, 3.8) is 0 Å². The Kier molecular flexibility index (Phi) is 5.81. The number of fused-ring (bicyclic) bond motifs is 1. The van der Waals surface area contributed by atoms with Crippen molar-refractivity contribution in [2.45, 2.75) is 45.3 Å². The standard InChI is InChI=1S/C20H25ClN8O2/c1-20(2,3)31-19(30)23-13-5-4-10-28(12-13)15-8-9-22-11-14(15)24-18-26-25-17-7-6-16(21)27-29(17)18/h6-9,11,13H,4-5,10,12H2,1-3H3,(H,23,30)(H,24,26). The van der Waals surface area contributed by atoms with Gasteiger partial charge in [-0.1, -0.05) is 11.6 Å². The van der Waals surface area contributed by atoms with Gasteiger partial charge in [-0.3, -0.25) is 4.98 Å². The molecule has 1 amide bonds. The molecule has 0 radical (unpaired) electrons. The number of carbonyl (C=O) groups is 1. The second kappa shape index (κ2) is 8.54. The van der Waals surface area contributed by atoms with Gasteiger partial charge >= 0.3 is 6.09 Å². The third-order valence-corrected chi connectivity index (χ3v) is 4.96. The molecule has 0 bridgehead atoms. The number of hydrogen-bond acceptors (Lipinski definition) is 8. The third-order valence-electron chi connectivity index (χ3n) is 4.76. The molecule has 1 atom stereocenters. The van der Waals surface area contributed by atoms with Gasteiger partial charge in [0.2, 0.25) is 0 Å². The van der Waals surface area contributed by atoms with Gasteiger partial charge in [0.1, 0.15) is 10.8 Å². The van der Waals surface area contributed by atoms with E-state index in [9.17, 15) is 4.79 Å². The molecule has 1 aliphatic rings. The Bertz CT molecular complexity index is 1080. The zero-order valence-corrected chi connectivity index (χ0v) is 18.4. The first-order valence-electron chi connectivity index (χ1n) is 10.1. The van der Waals surface area contributed by atoms with Crippen molar-refractivity contribution in [2.75, 3.05) is 23.3 Å².